The Labute approximate surface area is 121 Å². The van der Waals surface area contributed by atoms with Gasteiger partial charge in [0, 0.05) is 26.2 Å². The van der Waals surface area contributed by atoms with Crippen molar-refractivity contribution in [3.63, 3.8) is 0 Å². The fourth-order valence-electron chi connectivity index (χ4n) is 2.54. The second-order valence-corrected chi connectivity index (χ2v) is 4.96. The minimum absolute atomic E-state index is 0.0714. The van der Waals surface area contributed by atoms with Gasteiger partial charge in [0.1, 0.15) is 11.9 Å². The Morgan fingerprint density at radius 3 is 2.09 bits per heavy atom. The number of hydrogen-bond acceptors (Lipinski definition) is 2. The average Bonchev–Trinajstić information content (AvgIpc) is 2.37. The SMILES string of the molecule is Fc1ccc(C(F)(F)F)c([C@H](N2CCNCC2)C(F)(F)F)c1. The molecular formula is C13H13F7N2. The molecule has 0 aliphatic carbocycles. The zero-order chi connectivity index (χ0) is 16.5. The highest BCUT2D eigenvalue weighted by atomic mass is 19.4. The lowest BCUT2D eigenvalue weighted by molar-refractivity contribution is -0.190. The van der Waals surface area contributed by atoms with E-state index in [0.717, 1.165) is 4.90 Å². The molecule has 1 aromatic rings. The molecule has 2 nitrogen and oxygen atoms in total. The number of piperazine rings is 1. The van der Waals surface area contributed by atoms with E-state index in [1.165, 1.54) is 0 Å². The third kappa shape index (κ3) is 3.70. The number of halogens is 7. The highest BCUT2D eigenvalue weighted by Gasteiger charge is 2.48. The van der Waals surface area contributed by atoms with Crippen molar-refractivity contribution in [2.24, 2.45) is 0 Å². The van der Waals surface area contributed by atoms with Gasteiger partial charge in [-0.05, 0) is 23.8 Å². The van der Waals surface area contributed by atoms with E-state index < -0.39 is 35.3 Å². The van der Waals surface area contributed by atoms with Gasteiger partial charge in [0.25, 0.3) is 0 Å². The highest BCUT2D eigenvalue weighted by molar-refractivity contribution is 5.34. The van der Waals surface area contributed by atoms with Crippen LogP contribution in [-0.2, 0) is 6.18 Å². The number of nitrogens with one attached hydrogen (secondary N) is 1. The number of alkyl halides is 6. The number of benzene rings is 1. The predicted molar refractivity (Wildman–Crippen MR) is 64.6 cm³/mol. The molecule has 124 valence electrons. The Morgan fingerprint density at radius 1 is 1.00 bits per heavy atom. The van der Waals surface area contributed by atoms with Gasteiger partial charge in [-0.25, -0.2) is 4.39 Å². The molecule has 2 rings (SSSR count). The fourth-order valence-corrected chi connectivity index (χ4v) is 2.54. The van der Waals surface area contributed by atoms with Gasteiger partial charge in [-0.15, -0.1) is 0 Å². The van der Waals surface area contributed by atoms with Crippen LogP contribution in [0.4, 0.5) is 30.7 Å². The molecule has 1 heterocycles. The van der Waals surface area contributed by atoms with Crippen LogP contribution in [-0.4, -0.2) is 37.3 Å². The van der Waals surface area contributed by atoms with Gasteiger partial charge in [-0.3, -0.25) is 4.90 Å². The molecule has 1 aliphatic heterocycles. The van der Waals surface area contributed by atoms with Gasteiger partial charge < -0.3 is 5.32 Å². The van der Waals surface area contributed by atoms with E-state index in [4.69, 9.17) is 0 Å². The van der Waals surface area contributed by atoms with Crippen LogP contribution >= 0.6 is 0 Å². The first-order chi connectivity index (χ1) is 10.1. The third-order valence-corrected chi connectivity index (χ3v) is 3.44. The molecule has 1 atom stereocenters. The summed E-state index contributed by atoms with van der Waals surface area (Å²) in [6.45, 7) is 0.308. The zero-order valence-corrected chi connectivity index (χ0v) is 11.2. The van der Waals surface area contributed by atoms with E-state index in [2.05, 4.69) is 5.32 Å². The normalized spacial score (nSPS) is 19.2. The van der Waals surface area contributed by atoms with Gasteiger partial charge in [-0.2, -0.15) is 26.3 Å². The lowest BCUT2D eigenvalue weighted by Gasteiger charge is -2.37. The minimum atomic E-state index is -4.99. The van der Waals surface area contributed by atoms with E-state index in [0.29, 0.717) is 18.2 Å². The second kappa shape index (κ2) is 6.04. The predicted octanol–water partition coefficient (Wildman–Crippen LogP) is 3.35. The standard InChI is InChI=1S/C13H13F7N2/c14-8-1-2-10(12(15,16)17)9(7-8)11(13(18,19)20)22-5-3-21-4-6-22/h1-2,7,11,21H,3-6H2/t11-/m0/s1. The van der Waals surface area contributed by atoms with E-state index in [-0.39, 0.29) is 26.2 Å². The van der Waals surface area contributed by atoms with Crippen LogP contribution in [0.5, 0.6) is 0 Å². The van der Waals surface area contributed by atoms with E-state index in [1.54, 1.807) is 0 Å². The molecule has 1 fully saturated rings. The van der Waals surface area contributed by atoms with E-state index >= 15 is 0 Å². The lowest BCUT2D eigenvalue weighted by Crippen LogP contribution is -2.49. The van der Waals surface area contributed by atoms with Crippen molar-refractivity contribution in [3.8, 4) is 0 Å². The quantitative estimate of drug-likeness (QED) is 0.837. The van der Waals surface area contributed by atoms with Crippen LogP contribution in [0, 0.1) is 5.82 Å². The summed E-state index contributed by atoms with van der Waals surface area (Å²) >= 11 is 0. The first-order valence-corrected chi connectivity index (χ1v) is 6.49. The van der Waals surface area contributed by atoms with Crippen molar-refractivity contribution in [2.45, 2.75) is 18.4 Å². The molecule has 0 spiro atoms. The first-order valence-electron chi connectivity index (χ1n) is 6.49. The maximum Gasteiger partial charge on any atom is 0.416 e. The summed E-state index contributed by atoms with van der Waals surface area (Å²) in [6, 6.07) is -1.30. The molecule has 0 aromatic heterocycles. The Kier molecular flexibility index (Phi) is 4.67. The Balaban J connectivity index is 2.54. The van der Waals surface area contributed by atoms with Crippen LogP contribution in [0.1, 0.15) is 17.2 Å². The van der Waals surface area contributed by atoms with Crippen molar-refractivity contribution < 1.29 is 30.7 Å². The van der Waals surface area contributed by atoms with Crippen molar-refractivity contribution >= 4 is 0 Å². The van der Waals surface area contributed by atoms with Gasteiger partial charge in [-0.1, -0.05) is 0 Å². The largest absolute Gasteiger partial charge is 0.416 e. The molecule has 22 heavy (non-hydrogen) atoms. The molecule has 9 heteroatoms. The third-order valence-electron chi connectivity index (χ3n) is 3.44. The molecule has 0 amide bonds. The molecular weight excluding hydrogens is 317 g/mol. The Bertz CT molecular complexity index is 518. The van der Waals surface area contributed by atoms with Gasteiger partial charge in [0.15, 0.2) is 0 Å². The highest BCUT2D eigenvalue weighted by Crippen LogP contribution is 2.43. The zero-order valence-electron chi connectivity index (χ0n) is 11.2. The molecule has 1 saturated heterocycles. The maximum absolute atomic E-state index is 13.3. The molecule has 0 bridgehead atoms. The summed E-state index contributed by atoms with van der Waals surface area (Å²) in [5.41, 5.74) is -2.56. The van der Waals surface area contributed by atoms with Crippen LogP contribution in [0.3, 0.4) is 0 Å². The number of hydrogen-bond donors (Lipinski definition) is 1. The molecule has 1 aromatic carbocycles. The fraction of sp³-hybridized carbons (Fsp3) is 0.538. The monoisotopic (exact) mass is 330 g/mol. The summed E-state index contributed by atoms with van der Waals surface area (Å²) < 4.78 is 92.2. The summed E-state index contributed by atoms with van der Waals surface area (Å²) in [4.78, 5) is 0.889. The second-order valence-electron chi connectivity index (χ2n) is 4.96. The van der Waals surface area contributed by atoms with Crippen molar-refractivity contribution in [1.29, 1.82) is 0 Å². The summed E-state index contributed by atoms with van der Waals surface area (Å²) in [5, 5.41) is 2.82. The smallest absolute Gasteiger partial charge is 0.314 e. The molecule has 0 unspecified atom stereocenters. The molecule has 1 N–H and O–H groups in total. The minimum Gasteiger partial charge on any atom is -0.314 e. The number of nitrogens with zero attached hydrogens (tertiary/aromatic N) is 1. The van der Waals surface area contributed by atoms with Crippen LogP contribution < -0.4 is 5.32 Å². The van der Waals surface area contributed by atoms with E-state index in [1.807, 2.05) is 0 Å². The summed E-state index contributed by atoms with van der Waals surface area (Å²) in [6.07, 6.45) is -9.92. The maximum atomic E-state index is 13.3. The summed E-state index contributed by atoms with van der Waals surface area (Å²) in [7, 11) is 0. The Hall–Kier alpha value is -1.35. The van der Waals surface area contributed by atoms with Gasteiger partial charge in [0.05, 0.1) is 5.56 Å². The lowest BCUT2D eigenvalue weighted by atomic mass is 9.97. The first kappa shape index (κ1) is 17.0. The van der Waals surface area contributed by atoms with Crippen LogP contribution in [0.15, 0.2) is 18.2 Å². The van der Waals surface area contributed by atoms with Gasteiger partial charge in [0.2, 0.25) is 0 Å². The van der Waals surface area contributed by atoms with Crippen LogP contribution in [0.2, 0.25) is 0 Å². The van der Waals surface area contributed by atoms with Crippen molar-refractivity contribution in [1.82, 2.24) is 10.2 Å². The van der Waals surface area contributed by atoms with Crippen molar-refractivity contribution in [2.75, 3.05) is 26.2 Å². The average molecular weight is 330 g/mol. The molecule has 1 aliphatic rings. The van der Waals surface area contributed by atoms with Crippen molar-refractivity contribution in [3.05, 3.63) is 35.1 Å². The van der Waals surface area contributed by atoms with E-state index in [9.17, 15) is 30.7 Å². The topological polar surface area (TPSA) is 15.3 Å². The van der Waals surface area contributed by atoms with Crippen LogP contribution in [0.25, 0.3) is 0 Å². The Morgan fingerprint density at radius 2 is 1.59 bits per heavy atom. The molecule has 0 radical (unpaired) electrons. The number of rotatable bonds is 2. The van der Waals surface area contributed by atoms with Gasteiger partial charge >= 0.3 is 12.4 Å². The summed E-state index contributed by atoms with van der Waals surface area (Å²) in [5.74, 6) is -1.13. The molecule has 0 saturated carbocycles.